The summed E-state index contributed by atoms with van der Waals surface area (Å²) in [4.78, 5) is 24.3. The minimum absolute atomic E-state index is 0. The Labute approximate surface area is 162 Å². The van der Waals surface area contributed by atoms with Crippen LogP contribution in [-0.4, -0.2) is 30.1 Å². The van der Waals surface area contributed by atoms with E-state index < -0.39 is 17.3 Å². The van der Waals surface area contributed by atoms with E-state index >= 15 is 0 Å². The van der Waals surface area contributed by atoms with E-state index in [1.54, 1.807) is 24.3 Å². The van der Waals surface area contributed by atoms with Crippen molar-refractivity contribution in [1.82, 2.24) is 5.32 Å². The smallest absolute Gasteiger partial charge is 0.549 e. The predicted molar refractivity (Wildman–Crippen MR) is 78.0 cm³/mol. The molecular weight excluding hydrogens is 317 g/mol. The first kappa shape index (κ1) is 16.6. The molecule has 7 atom stereocenters. The number of amides is 1. The van der Waals surface area contributed by atoms with Gasteiger partial charge >= 0.3 is 29.6 Å². The van der Waals surface area contributed by atoms with Crippen molar-refractivity contribution in [1.29, 1.82) is 0 Å². The number of hydrogen-bond acceptors (Lipinski definition) is 4. The molecule has 0 unspecified atom stereocenters. The summed E-state index contributed by atoms with van der Waals surface area (Å²) in [6.07, 6.45) is 2.85. The second-order valence-electron chi connectivity index (χ2n) is 7.43. The molecule has 1 amide bonds. The van der Waals surface area contributed by atoms with Crippen molar-refractivity contribution >= 4 is 11.9 Å². The maximum Gasteiger partial charge on any atom is 1.00 e. The fraction of sp³-hybridized carbons (Fsp3) is 0.556. The molecule has 1 N–H and O–H groups in total. The van der Waals surface area contributed by atoms with Crippen LogP contribution in [0.4, 0.5) is 0 Å². The summed E-state index contributed by atoms with van der Waals surface area (Å²) in [6, 6.07) is 9.00. The summed E-state index contributed by atoms with van der Waals surface area (Å²) < 4.78 is 5.89. The Balaban J connectivity index is 0.00000146. The van der Waals surface area contributed by atoms with Crippen molar-refractivity contribution in [3.63, 3.8) is 0 Å². The molecule has 2 bridgehead atoms. The van der Waals surface area contributed by atoms with E-state index in [2.05, 4.69) is 5.32 Å². The predicted octanol–water partition coefficient (Wildman–Crippen LogP) is -3.01. The van der Waals surface area contributed by atoms with Crippen LogP contribution in [0.5, 0.6) is 0 Å². The zero-order valence-corrected chi connectivity index (χ0v) is 15.6. The molecule has 2 saturated carbocycles. The minimum atomic E-state index is -1.16. The number of carbonyl (C=O) groups is 2. The molecule has 2 heterocycles. The quantitative estimate of drug-likeness (QED) is 0.595. The van der Waals surface area contributed by atoms with Gasteiger partial charge in [0.1, 0.15) is 0 Å². The Bertz CT molecular complexity index is 696. The average Bonchev–Trinajstić information content (AvgIpc) is 3.44. The van der Waals surface area contributed by atoms with Gasteiger partial charge in [0.15, 0.2) is 0 Å². The first-order valence-electron chi connectivity index (χ1n) is 8.34. The van der Waals surface area contributed by atoms with Crippen LogP contribution in [0.15, 0.2) is 30.3 Å². The van der Waals surface area contributed by atoms with Gasteiger partial charge in [0.05, 0.1) is 30.1 Å². The topological polar surface area (TPSA) is 78.5 Å². The maximum absolute atomic E-state index is 12.6. The van der Waals surface area contributed by atoms with Crippen molar-refractivity contribution < 1.29 is 49.0 Å². The number of hydrogen-bond donors (Lipinski definition) is 1. The summed E-state index contributed by atoms with van der Waals surface area (Å²) in [6.45, 7) is 0. The van der Waals surface area contributed by atoms with E-state index in [9.17, 15) is 14.7 Å². The molecule has 2 aliphatic carbocycles. The van der Waals surface area contributed by atoms with Crippen LogP contribution < -0.4 is 40.0 Å². The minimum Gasteiger partial charge on any atom is -0.549 e. The number of ether oxygens (including phenoxy) is 1. The molecule has 0 radical (unpaired) electrons. The number of aliphatic carboxylic acids is 1. The van der Waals surface area contributed by atoms with Gasteiger partial charge in [-0.2, -0.15) is 0 Å². The van der Waals surface area contributed by atoms with Crippen molar-refractivity contribution in [2.24, 2.45) is 17.8 Å². The summed E-state index contributed by atoms with van der Waals surface area (Å²) in [5.74, 6) is -0.547. The van der Waals surface area contributed by atoms with Gasteiger partial charge in [0.25, 0.3) is 0 Å². The van der Waals surface area contributed by atoms with Gasteiger partial charge in [-0.25, -0.2) is 0 Å². The van der Waals surface area contributed by atoms with Crippen molar-refractivity contribution in [3.8, 4) is 0 Å². The van der Waals surface area contributed by atoms with E-state index in [-0.39, 0.29) is 47.6 Å². The summed E-state index contributed by atoms with van der Waals surface area (Å²) in [7, 11) is 0. The van der Waals surface area contributed by atoms with E-state index in [0.29, 0.717) is 29.9 Å². The SMILES string of the molecule is O=C(N[C@@H]1C[C@@H]2O[C@H]1[C@H]1C[C@H]12)[C@H]1C[C@]1(C(=O)[O-])c1ccccc1.[Na+]. The van der Waals surface area contributed by atoms with E-state index in [1.165, 1.54) is 6.42 Å². The normalized spacial score (nSPS) is 43.5. The molecule has 4 fully saturated rings. The molecule has 2 saturated heterocycles. The molecule has 1 aromatic rings. The molecule has 0 spiro atoms. The molecule has 1 aromatic carbocycles. The Hall–Kier alpha value is -0.880. The van der Waals surface area contributed by atoms with Gasteiger partial charge < -0.3 is 20.0 Å². The van der Waals surface area contributed by atoms with E-state index in [4.69, 9.17) is 4.74 Å². The fourth-order valence-electron chi connectivity index (χ4n) is 4.85. The van der Waals surface area contributed by atoms with Crippen molar-refractivity contribution in [2.75, 3.05) is 0 Å². The van der Waals surface area contributed by atoms with Gasteiger partial charge in [0.2, 0.25) is 5.91 Å². The molecule has 6 heteroatoms. The second-order valence-corrected chi connectivity index (χ2v) is 7.43. The van der Waals surface area contributed by atoms with Crippen LogP contribution in [-0.2, 0) is 19.7 Å². The molecule has 5 rings (SSSR count). The number of nitrogens with one attached hydrogen (secondary N) is 1. The first-order chi connectivity index (χ1) is 11.1. The number of carboxylic acids is 1. The van der Waals surface area contributed by atoms with Gasteiger partial charge in [-0.15, -0.1) is 0 Å². The summed E-state index contributed by atoms with van der Waals surface area (Å²) in [5, 5.41) is 14.8. The van der Waals surface area contributed by atoms with Crippen LogP contribution >= 0.6 is 0 Å². The summed E-state index contributed by atoms with van der Waals surface area (Å²) >= 11 is 0. The third-order valence-electron chi connectivity index (χ3n) is 6.26. The third-order valence-corrected chi connectivity index (χ3v) is 6.26. The molecule has 24 heavy (non-hydrogen) atoms. The van der Waals surface area contributed by atoms with Crippen LogP contribution in [0.1, 0.15) is 24.8 Å². The number of carbonyl (C=O) groups excluding carboxylic acids is 2. The molecule has 120 valence electrons. The van der Waals surface area contributed by atoms with Crippen molar-refractivity contribution in [3.05, 3.63) is 35.9 Å². The molecule has 0 aromatic heterocycles. The maximum atomic E-state index is 12.6. The zero-order valence-electron chi connectivity index (χ0n) is 13.6. The number of rotatable bonds is 4. The number of carboxylic acid groups (broad SMARTS) is 1. The Morgan fingerprint density at radius 2 is 1.92 bits per heavy atom. The first-order valence-corrected chi connectivity index (χ1v) is 8.34. The molecule has 2 aliphatic heterocycles. The van der Waals surface area contributed by atoms with Gasteiger partial charge in [-0.05, 0) is 36.7 Å². The van der Waals surface area contributed by atoms with Crippen LogP contribution in [0.2, 0.25) is 0 Å². The van der Waals surface area contributed by atoms with Gasteiger partial charge in [-0.3, -0.25) is 4.79 Å². The monoisotopic (exact) mass is 335 g/mol. The standard InChI is InChI=1S/C18H19NO4.Na/c20-16(19-13-7-14-10-6-11(10)15(13)23-14)12-8-18(12,17(21)22)9-4-2-1-3-5-9;/h1-5,10-15H,6-8H2,(H,19,20)(H,21,22);/q;+1/p-1/t10-,11+,12-,13-,14+,15+,18+;/m1./s1. The van der Waals surface area contributed by atoms with Crippen LogP contribution in [0, 0.1) is 17.8 Å². The van der Waals surface area contributed by atoms with Crippen LogP contribution in [0.3, 0.4) is 0 Å². The molecule has 5 nitrogen and oxygen atoms in total. The van der Waals surface area contributed by atoms with E-state index in [1.807, 2.05) is 6.07 Å². The summed E-state index contributed by atoms with van der Waals surface area (Å²) in [5.41, 5.74) is -0.502. The average molecular weight is 335 g/mol. The van der Waals surface area contributed by atoms with Crippen LogP contribution in [0.25, 0.3) is 0 Å². The number of benzene rings is 1. The largest absolute Gasteiger partial charge is 1.00 e. The van der Waals surface area contributed by atoms with Crippen molar-refractivity contribution in [2.45, 2.75) is 42.9 Å². The second kappa shape index (κ2) is 5.56. The van der Waals surface area contributed by atoms with Gasteiger partial charge in [-0.1, -0.05) is 30.3 Å². The Kier molecular flexibility index (Phi) is 3.84. The molecule has 4 aliphatic rings. The van der Waals surface area contributed by atoms with E-state index in [0.717, 1.165) is 6.42 Å². The zero-order chi connectivity index (χ0) is 15.8. The fourth-order valence-corrected chi connectivity index (χ4v) is 4.85. The number of fused-ring (bicyclic) bond motifs is 5. The third kappa shape index (κ3) is 2.22. The Morgan fingerprint density at radius 3 is 2.54 bits per heavy atom. The Morgan fingerprint density at radius 1 is 1.17 bits per heavy atom. The molecular formula is C18H18NNaO4. The van der Waals surface area contributed by atoms with Gasteiger partial charge in [0, 0.05) is 5.41 Å².